The van der Waals surface area contributed by atoms with Gasteiger partial charge in [-0.1, -0.05) is 58.5 Å². The van der Waals surface area contributed by atoms with Crippen LogP contribution < -0.4 is 18.9 Å². The molecule has 2 atom stereocenters. The summed E-state index contributed by atoms with van der Waals surface area (Å²) in [6.45, 7) is 0. The van der Waals surface area contributed by atoms with Crippen LogP contribution in [0.3, 0.4) is 0 Å². The summed E-state index contributed by atoms with van der Waals surface area (Å²) in [5.41, 5.74) is 1.67. The van der Waals surface area contributed by atoms with Crippen LogP contribution in [0.4, 0.5) is 17.6 Å². The molecule has 4 heterocycles. The quantitative estimate of drug-likeness (QED) is 0.172. The smallest absolute Gasteiger partial charge is 0.395 e. The normalized spacial score (nSPS) is 17.1. The van der Waals surface area contributed by atoms with E-state index in [2.05, 4.69) is 28.9 Å². The topological polar surface area (TPSA) is 71.9 Å². The molecule has 0 saturated heterocycles. The van der Waals surface area contributed by atoms with E-state index in [0.717, 1.165) is 0 Å². The second-order valence-electron chi connectivity index (χ2n) is 9.43. The van der Waals surface area contributed by atoms with Gasteiger partial charge in [-0.3, -0.25) is 9.97 Å². The lowest BCUT2D eigenvalue weighted by molar-refractivity contribution is -0.287. The molecule has 2 aromatic carbocycles. The van der Waals surface area contributed by atoms with Crippen molar-refractivity contribution in [3.05, 3.63) is 104 Å². The van der Waals surface area contributed by atoms with Crippen LogP contribution in [0.2, 0.25) is 20.1 Å². The minimum atomic E-state index is -3.85. The number of alkyl halides is 4. The third kappa shape index (κ3) is 6.37. The first-order valence-electron chi connectivity index (χ1n) is 12.4. The van der Waals surface area contributed by atoms with Gasteiger partial charge < -0.3 is 23.7 Å². The van der Waals surface area contributed by atoms with Crippen LogP contribution in [0.5, 0.6) is 23.0 Å². The van der Waals surface area contributed by atoms with Crippen molar-refractivity contribution in [1.82, 2.24) is 9.97 Å². The van der Waals surface area contributed by atoms with Crippen molar-refractivity contribution in [3.8, 4) is 23.0 Å². The Balaban J connectivity index is 1.43. The molecule has 2 unspecified atom stereocenters. The molecule has 0 fully saturated rings. The van der Waals surface area contributed by atoms with E-state index in [1.165, 1.54) is 61.2 Å². The molecule has 224 valence electrons. The minimum Gasteiger partial charge on any atom is -0.395 e. The number of hydrogen-bond acceptors (Lipinski definition) is 7. The second-order valence-corrected chi connectivity index (χ2v) is 11.1. The largest absolute Gasteiger partial charge is 0.586 e. The zero-order chi connectivity index (χ0) is 30.5. The average molecular weight is 678 g/mol. The Morgan fingerprint density at radius 2 is 0.930 bits per heavy atom. The summed E-state index contributed by atoms with van der Waals surface area (Å²) < 4.78 is 80.3. The Labute approximate surface area is 261 Å². The zero-order valence-electron chi connectivity index (χ0n) is 21.3. The molecule has 6 rings (SSSR count). The molecule has 15 heteroatoms. The highest BCUT2D eigenvalue weighted by atomic mass is 35.5. The molecule has 43 heavy (non-hydrogen) atoms. The second kappa shape index (κ2) is 11.4. The van der Waals surface area contributed by atoms with Crippen molar-refractivity contribution < 1.29 is 41.2 Å². The number of pyridine rings is 2. The molecule has 0 saturated carbocycles. The Kier molecular flexibility index (Phi) is 7.89. The summed E-state index contributed by atoms with van der Waals surface area (Å²) in [5.74, 6) is -0.776. The number of benzene rings is 2. The third-order valence-corrected chi connectivity index (χ3v) is 7.91. The maximum Gasteiger partial charge on any atom is 0.586 e. The van der Waals surface area contributed by atoms with Gasteiger partial charge in [0.05, 0.1) is 32.3 Å². The van der Waals surface area contributed by atoms with Crippen LogP contribution in [0, 0.1) is 0 Å². The number of fused-ring (bicyclic) bond motifs is 2. The lowest BCUT2D eigenvalue weighted by atomic mass is 9.98. The Bertz CT molecular complexity index is 1550. The van der Waals surface area contributed by atoms with E-state index in [0.29, 0.717) is 22.3 Å². The molecule has 0 bridgehead atoms. The van der Waals surface area contributed by atoms with Gasteiger partial charge in [-0.05, 0) is 46.5 Å². The molecule has 2 aliphatic heterocycles. The SMILES string of the molecule is FC1(F)Oc2ccc(C(Cc3c(Cl)cncc3Cl)OC(Cc3c(Cl)cncc3Cl)c3ccc4c(c3)OC(F)(F)O4)cc2O1. The van der Waals surface area contributed by atoms with Gasteiger partial charge in [-0.2, -0.15) is 0 Å². The number of nitrogens with zero attached hydrogens (tertiary/aromatic N) is 2. The first-order valence-corrected chi connectivity index (χ1v) is 13.9. The molecule has 2 aromatic heterocycles. The number of rotatable bonds is 8. The molecule has 7 nitrogen and oxygen atoms in total. The van der Waals surface area contributed by atoms with Gasteiger partial charge in [0.15, 0.2) is 23.0 Å². The maximum atomic E-state index is 13.8. The van der Waals surface area contributed by atoms with E-state index in [-0.39, 0.29) is 55.9 Å². The summed E-state index contributed by atoms with van der Waals surface area (Å²) in [6, 6.07) is 8.33. The van der Waals surface area contributed by atoms with Crippen LogP contribution in [0.1, 0.15) is 34.5 Å². The van der Waals surface area contributed by atoms with E-state index in [1.54, 1.807) is 0 Å². The Morgan fingerprint density at radius 3 is 1.30 bits per heavy atom. The van der Waals surface area contributed by atoms with Crippen LogP contribution >= 0.6 is 46.4 Å². The van der Waals surface area contributed by atoms with Gasteiger partial charge >= 0.3 is 12.6 Å². The number of hydrogen-bond donors (Lipinski definition) is 0. The van der Waals surface area contributed by atoms with E-state index in [1.807, 2.05) is 0 Å². The monoisotopic (exact) mass is 676 g/mol. The van der Waals surface area contributed by atoms with Crippen molar-refractivity contribution in [2.75, 3.05) is 0 Å². The molecule has 2 aliphatic rings. The van der Waals surface area contributed by atoms with Gasteiger partial charge in [0.1, 0.15) is 0 Å². The molecule has 0 radical (unpaired) electrons. The van der Waals surface area contributed by atoms with Crippen molar-refractivity contribution in [2.45, 2.75) is 37.6 Å². The molecule has 0 amide bonds. The molecule has 0 N–H and O–H groups in total. The summed E-state index contributed by atoms with van der Waals surface area (Å²) >= 11 is 25.7. The fraction of sp³-hybridized carbons (Fsp3) is 0.214. The molecule has 0 aliphatic carbocycles. The van der Waals surface area contributed by atoms with Gasteiger partial charge in [0.2, 0.25) is 0 Å². The standard InChI is InChI=1S/C28H16Cl4F4N2O5/c29-17-9-37-10-18(30)15(17)7-23(13-1-3-21-25(5-13)42-27(33,34)40-21)39-24(8-16-19(31)11-38-12-20(16)32)14-2-4-22-26(6-14)43-28(35,36)41-22/h1-6,9-12,23-24H,7-8H2. The lowest BCUT2D eigenvalue weighted by Crippen LogP contribution is -2.25. The highest BCUT2D eigenvalue weighted by molar-refractivity contribution is 6.36. The fourth-order valence-corrected chi connectivity index (χ4v) is 5.69. The van der Waals surface area contributed by atoms with Gasteiger partial charge in [-0.25, -0.2) is 0 Å². The van der Waals surface area contributed by atoms with Crippen molar-refractivity contribution in [1.29, 1.82) is 0 Å². The number of aromatic nitrogens is 2. The highest BCUT2D eigenvalue weighted by Gasteiger charge is 2.45. The first kappa shape index (κ1) is 29.8. The van der Waals surface area contributed by atoms with Crippen molar-refractivity contribution >= 4 is 46.4 Å². The van der Waals surface area contributed by atoms with Gasteiger partial charge in [0.25, 0.3) is 0 Å². The summed E-state index contributed by atoms with van der Waals surface area (Å²) in [4.78, 5) is 7.94. The zero-order valence-corrected chi connectivity index (χ0v) is 24.3. The van der Waals surface area contributed by atoms with Gasteiger partial charge in [0, 0.05) is 37.6 Å². The molecular formula is C28H16Cl4F4N2O5. The fourth-order valence-electron chi connectivity index (χ4n) is 4.66. The number of halogens is 8. The Hall–Kier alpha value is -3.22. The van der Waals surface area contributed by atoms with Crippen molar-refractivity contribution in [3.63, 3.8) is 0 Å². The van der Waals surface area contributed by atoms with E-state index in [4.69, 9.17) is 51.1 Å². The lowest BCUT2D eigenvalue weighted by Gasteiger charge is -2.27. The van der Waals surface area contributed by atoms with Gasteiger partial charge in [-0.15, -0.1) is 17.6 Å². The molecule has 0 spiro atoms. The first-order chi connectivity index (χ1) is 20.4. The number of ether oxygens (including phenoxy) is 5. The molecular weight excluding hydrogens is 662 g/mol. The van der Waals surface area contributed by atoms with E-state index < -0.39 is 24.8 Å². The minimum absolute atomic E-state index is 0.0349. The third-order valence-electron chi connectivity index (χ3n) is 6.61. The predicted molar refractivity (Wildman–Crippen MR) is 148 cm³/mol. The van der Waals surface area contributed by atoms with Crippen molar-refractivity contribution in [2.24, 2.45) is 0 Å². The molecule has 4 aromatic rings. The van der Waals surface area contributed by atoms with Crippen LogP contribution in [0.25, 0.3) is 0 Å². The van der Waals surface area contributed by atoms with Crippen LogP contribution in [-0.4, -0.2) is 22.6 Å². The van der Waals surface area contributed by atoms with E-state index in [9.17, 15) is 17.6 Å². The summed E-state index contributed by atoms with van der Waals surface area (Å²) in [7, 11) is 0. The summed E-state index contributed by atoms with van der Waals surface area (Å²) in [5, 5.41) is 0.928. The maximum absolute atomic E-state index is 13.8. The highest BCUT2D eigenvalue weighted by Crippen LogP contribution is 2.46. The Morgan fingerprint density at radius 1 is 0.581 bits per heavy atom. The average Bonchev–Trinajstić information content (AvgIpc) is 3.42. The van der Waals surface area contributed by atoms with Crippen LogP contribution in [0.15, 0.2) is 61.2 Å². The predicted octanol–water partition coefficient (Wildman–Crippen LogP) is 9.02. The van der Waals surface area contributed by atoms with E-state index >= 15 is 0 Å². The summed E-state index contributed by atoms with van der Waals surface area (Å²) in [6.07, 6.45) is -3.91. The van der Waals surface area contributed by atoms with Crippen LogP contribution in [-0.2, 0) is 17.6 Å².